The van der Waals surface area contributed by atoms with Gasteiger partial charge >= 0.3 is 0 Å². The molecule has 6 heteroatoms. The first-order chi connectivity index (χ1) is 10.7. The number of carbonyl (C=O) groups excluding carboxylic acids is 1. The van der Waals surface area contributed by atoms with Crippen molar-refractivity contribution in [2.75, 3.05) is 6.61 Å². The van der Waals surface area contributed by atoms with Gasteiger partial charge in [0.05, 0.1) is 17.5 Å². The number of halogens is 1. The van der Waals surface area contributed by atoms with E-state index in [2.05, 4.69) is 15.5 Å². The van der Waals surface area contributed by atoms with Crippen LogP contribution >= 0.6 is 11.6 Å². The van der Waals surface area contributed by atoms with Gasteiger partial charge in [0.1, 0.15) is 0 Å². The molecule has 1 saturated carbocycles. The van der Waals surface area contributed by atoms with E-state index in [1.807, 2.05) is 12.1 Å². The maximum absolute atomic E-state index is 12.5. The lowest BCUT2D eigenvalue weighted by molar-refractivity contribution is 0.0925. The van der Waals surface area contributed by atoms with Gasteiger partial charge in [-0.2, -0.15) is 5.10 Å². The lowest BCUT2D eigenvalue weighted by Gasteiger charge is -2.17. The van der Waals surface area contributed by atoms with Gasteiger partial charge in [-0.15, -0.1) is 0 Å². The summed E-state index contributed by atoms with van der Waals surface area (Å²) < 4.78 is 0. The lowest BCUT2D eigenvalue weighted by Crippen LogP contribution is -2.37. The molecule has 1 unspecified atom stereocenters. The number of aliphatic hydroxyl groups is 1. The van der Waals surface area contributed by atoms with Crippen LogP contribution in [-0.2, 0) is 0 Å². The van der Waals surface area contributed by atoms with Gasteiger partial charge in [-0.25, -0.2) is 0 Å². The molecule has 1 atom stereocenters. The Morgan fingerprint density at radius 2 is 2.14 bits per heavy atom. The van der Waals surface area contributed by atoms with E-state index >= 15 is 0 Å². The van der Waals surface area contributed by atoms with Crippen LogP contribution in [0.15, 0.2) is 30.5 Å². The fraction of sp³-hybridized carbons (Fsp3) is 0.375. The third kappa shape index (κ3) is 3.31. The number of aromatic amines is 1. The highest BCUT2D eigenvalue weighted by atomic mass is 35.5. The number of benzene rings is 1. The van der Waals surface area contributed by atoms with E-state index in [9.17, 15) is 4.79 Å². The van der Waals surface area contributed by atoms with Crippen LogP contribution in [0.5, 0.6) is 0 Å². The first kappa shape index (κ1) is 15.1. The Morgan fingerprint density at radius 3 is 2.77 bits per heavy atom. The Morgan fingerprint density at radius 1 is 1.41 bits per heavy atom. The van der Waals surface area contributed by atoms with Crippen LogP contribution in [0.2, 0.25) is 5.02 Å². The summed E-state index contributed by atoms with van der Waals surface area (Å²) in [5, 5.41) is 19.7. The number of rotatable bonds is 6. The topological polar surface area (TPSA) is 78.0 Å². The molecule has 1 heterocycles. The summed E-state index contributed by atoms with van der Waals surface area (Å²) in [6, 6.07) is 7.28. The van der Waals surface area contributed by atoms with Crippen LogP contribution in [-0.4, -0.2) is 33.9 Å². The van der Waals surface area contributed by atoms with Crippen LogP contribution in [0, 0.1) is 5.92 Å². The van der Waals surface area contributed by atoms with Gasteiger partial charge in [0, 0.05) is 23.2 Å². The highest BCUT2D eigenvalue weighted by molar-refractivity contribution is 6.30. The molecule has 0 bridgehead atoms. The summed E-state index contributed by atoms with van der Waals surface area (Å²) in [7, 11) is 0. The first-order valence-electron chi connectivity index (χ1n) is 7.40. The van der Waals surface area contributed by atoms with Gasteiger partial charge in [0.15, 0.2) is 0 Å². The molecule has 22 heavy (non-hydrogen) atoms. The van der Waals surface area contributed by atoms with Crippen molar-refractivity contribution in [1.82, 2.24) is 15.5 Å². The van der Waals surface area contributed by atoms with Gasteiger partial charge in [-0.3, -0.25) is 9.89 Å². The summed E-state index contributed by atoms with van der Waals surface area (Å²) in [5.41, 5.74) is 2.04. The molecule has 1 aromatic heterocycles. The molecule has 3 rings (SSSR count). The minimum atomic E-state index is -0.163. The molecular formula is C16H18ClN3O2. The molecule has 1 aromatic carbocycles. The zero-order valence-corrected chi connectivity index (χ0v) is 12.8. The van der Waals surface area contributed by atoms with Crippen molar-refractivity contribution in [2.45, 2.75) is 25.3 Å². The molecule has 5 nitrogen and oxygen atoms in total. The number of aromatic nitrogens is 2. The molecule has 0 aliphatic heterocycles. The third-order valence-electron chi connectivity index (χ3n) is 3.96. The van der Waals surface area contributed by atoms with Crippen LogP contribution in [0.1, 0.15) is 29.6 Å². The van der Waals surface area contributed by atoms with Crippen molar-refractivity contribution in [3.63, 3.8) is 0 Å². The van der Waals surface area contributed by atoms with Crippen molar-refractivity contribution >= 4 is 17.5 Å². The van der Waals surface area contributed by atoms with E-state index in [0.717, 1.165) is 18.4 Å². The second-order valence-electron chi connectivity index (χ2n) is 5.60. The van der Waals surface area contributed by atoms with Gasteiger partial charge < -0.3 is 10.4 Å². The summed E-state index contributed by atoms with van der Waals surface area (Å²) in [4.78, 5) is 12.5. The molecule has 2 aromatic rings. The number of H-pyrrole nitrogens is 1. The standard InChI is InChI=1S/C16H18ClN3O2/c17-12-5-3-11(4-6-12)15-13(9-18-20-15)16(22)19-14(7-8-21)10-1-2-10/h3-6,9-10,14,21H,1-2,7-8H2,(H,18,20)(H,19,22). The molecule has 0 radical (unpaired) electrons. The molecule has 1 aliphatic carbocycles. The van der Waals surface area contributed by atoms with Crippen molar-refractivity contribution in [3.8, 4) is 11.3 Å². The average molecular weight is 320 g/mol. The number of carbonyl (C=O) groups is 1. The number of hydrogen-bond donors (Lipinski definition) is 3. The van der Waals surface area contributed by atoms with Crippen LogP contribution in [0.3, 0.4) is 0 Å². The SMILES string of the molecule is O=C(NC(CCO)C1CC1)c1cn[nH]c1-c1ccc(Cl)cc1. The molecule has 116 valence electrons. The van der Waals surface area contributed by atoms with Crippen molar-refractivity contribution in [3.05, 3.63) is 41.0 Å². The molecule has 1 fully saturated rings. The Kier molecular flexibility index (Phi) is 4.45. The summed E-state index contributed by atoms with van der Waals surface area (Å²) in [6.07, 6.45) is 4.34. The predicted molar refractivity (Wildman–Crippen MR) is 84.7 cm³/mol. The Bertz CT molecular complexity index is 650. The number of aliphatic hydroxyl groups excluding tert-OH is 1. The largest absolute Gasteiger partial charge is 0.396 e. The summed E-state index contributed by atoms with van der Waals surface area (Å²) in [5.74, 6) is 0.325. The monoisotopic (exact) mass is 319 g/mol. The summed E-state index contributed by atoms with van der Waals surface area (Å²) in [6.45, 7) is 0.0802. The van der Waals surface area contributed by atoms with Gasteiger partial charge in [0.25, 0.3) is 5.91 Å². The quantitative estimate of drug-likeness (QED) is 0.766. The minimum Gasteiger partial charge on any atom is -0.396 e. The number of amides is 1. The smallest absolute Gasteiger partial charge is 0.255 e. The fourth-order valence-electron chi connectivity index (χ4n) is 2.60. The van der Waals surface area contributed by atoms with Gasteiger partial charge in [0.2, 0.25) is 0 Å². The second-order valence-corrected chi connectivity index (χ2v) is 6.03. The zero-order chi connectivity index (χ0) is 15.5. The van der Waals surface area contributed by atoms with Gasteiger partial charge in [-0.05, 0) is 37.3 Å². The molecule has 3 N–H and O–H groups in total. The lowest BCUT2D eigenvalue weighted by atomic mass is 10.1. The fourth-order valence-corrected chi connectivity index (χ4v) is 2.73. The number of nitrogens with one attached hydrogen (secondary N) is 2. The molecule has 1 aliphatic rings. The first-order valence-corrected chi connectivity index (χ1v) is 7.78. The van der Waals surface area contributed by atoms with Crippen molar-refractivity contribution in [2.24, 2.45) is 5.92 Å². The van der Waals surface area contributed by atoms with E-state index in [1.54, 1.807) is 12.1 Å². The maximum atomic E-state index is 12.5. The molecule has 1 amide bonds. The second kappa shape index (κ2) is 6.50. The maximum Gasteiger partial charge on any atom is 0.255 e. The average Bonchev–Trinajstić information content (AvgIpc) is 3.24. The predicted octanol–water partition coefficient (Wildman–Crippen LogP) is 2.62. The van der Waals surface area contributed by atoms with E-state index in [0.29, 0.717) is 28.6 Å². The minimum absolute atomic E-state index is 0.0328. The highest BCUT2D eigenvalue weighted by Gasteiger charge is 2.32. The van der Waals surface area contributed by atoms with Crippen molar-refractivity contribution in [1.29, 1.82) is 0 Å². The molecular weight excluding hydrogens is 302 g/mol. The van der Waals surface area contributed by atoms with Crippen LogP contribution < -0.4 is 5.32 Å². The van der Waals surface area contributed by atoms with Crippen LogP contribution in [0.4, 0.5) is 0 Å². The van der Waals surface area contributed by atoms with Crippen LogP contribution in [0.25, 0.3) is 11.3 Å². The third-order valence-corrected chi connectivity index (χ3v) is 4.22. The van der Waals surface area contributed by atoms with E-state index < -0.39 is 0 Å². The molecule has 0 spiro atoms. The zero-order valence-electron chi connectivity index (χ0n) is 12.1. The van der Waals surface area contributed by atoms with Crippen molar-refractivity contribution < 1.29 is 9.90 Å². The van der Waals surface area contributed by atoms with E-state index in [1.165, 1.54) is 6.20 Å². The van der Waals surface area contributed by atoms with E-state index in [-0.39, 0.29) is 18.6 Å². The Balaban J connectivity index is 1.78. The number of hydrogen-bond acceptors (Lipinski definition) is 3. The van der Waals surface area contributed by atoms with E-state index in [4.69, 9.17) is 16.7 Å². The summed E-state index contributed by atoms with van der Waals surface area (Å²) >= 11 is 5.89. The number of nitrogens with zero attached hydrogens (tertiary/aromatic N) is 1. The molecule has 0 saturated heterocycles. The van der Waals surface area contributed by atoms with Gasteiger partial charge in [-0.1, -0.05) is 23.7 Å². The normalized spacial score (nSPS) is 15.5. The Hall–Kier alpha value is -1.85. The highest BCUT2D eigenvalue weighted by Crippen LogP contribution is 2.34. The Labute approximate surface area is 133 Å².